The quantitative estimate of drug-likeness (QED) is 0.686. The molecular formula is C20H23ClN2O4S. The molecule has 1 fully saturated rings. The number of carbonyl (C=O) groups is 1. The Hall–Kier alpha value is -2.09. The van der Waals surface area contributed by atoms with E-state index in [1.807, 2.05) is 12.1 Å². The summed E-state index contributed by atoms with van der Waals surface area (Å²) in [6.45, 7) is 1.78. The van der Waals surface area contributed by atoms with E-state index in [2.05, 4.69) is 0 Å². The van der Waals surface area contributed by atoms with Crippen LogP contribution in [0.25, 0.3) is 0 Å². The lowest BCUT2D eigenvalue weighted by atomic mass is 10.2. The summed E-state index contributed by atoms with van der Waals surface area (Å²) in [5, 5.41) is 0.520. The van der Waals surface area contributed by atoms with Gasteiger partial charge in [-0.1, -0.05) is 23.7 Å². The van der Waals surface area contributed by atoms with Crippen LogP contribution in [0.3, 0.4) is 0 Å². The molecule has 0 saturated carbocycles. The molecule has 1 saturated heterocycles. The van der Waals surface area contributed by atoms with Crippen molar-refractivity contribution in [2.45, 2.75) is 17.7 Å². The van der Waals surface area contributed by atoms with E-state index < -0.39 is 10.0 Å². The van der Waals surface area contributed by atoms with Crippen LogP contribution in [0.5, 0.6) is 5.75 Å². The summed E-state index contributed by atoms with van der Waals surface area (Å²) in [4.78, 5) is 14.3. The third kappa shape index (κ3) is 4.66. The lowest BCUT2D eigenvalue weighted by Crippen LogP contribution is -2.31. The van der Waals surface area contributed by atoms with Gasteiger partial charge in [0, 0.05) is 25.7 Å². The molecule has 1 heterocycles. The highest BCUT2D eigenvalue weighted by molar-refractivity contribution is 7.89. The minimum atomic E-state index is -3.47. The molecule has 1 aliphatic rings. The largest absolute Gasteiger partial charge is 0.490 e. The summed E-state index contributed by atoms with van der Waals surface area (Å²) >= 11 is 6.04. The maximum absolute atomic E-state index is 12.6. The molecule has 0 radical (unpaired) electrons. The van der Waals surface area contributed by atoms with E-state index in [9.17, 15) is 13.2 Å². The predicted molar refractivity (Wildman–Crippen MR) is 108 cm³/mol. The minimum absolute atomic E-state index is 0.201. The molecule has 0 atom stereocenters. The summed E-state index contributed by atoms with van der Waals surface area (Å²) in [5.41, 5.74) is 0.431. The average Bonchev–Trinajstić information content (AvgIpc) is 3.24. The molecule has 28 heavy (non-hydrogen) atoms. The predicted octanol–water partition coefficient (Wildman–Crippen LogP) is 3.28. The lowest BCUT2D eigenvalue weighted by Gasteiger charge is -2.19. The van der Waals surface area contributed by atoms with Crippen LogP contribution < -0.4 is 4.74 Å². The summed E-state index contributed by atoms with van der Waals surface area (Å²) in [6, 6.07) is 13.2. The van der Waals surface area contributed by atoms with Crippen molar-refractivity contribution in [3.8, 4) is 5.75 Å². The van der Waals surface area contributed by atoms with Gasteiger partial charge in [0.2, 0.25) is 10.0 Å². The molecule has 150 valence electrons. The third-order valence-electron chi connectivity index (χ3n) is 4.67. The zero-order valence-electron chi connectivity index (χ0n) is 15.7. The fourth-order valence-corrected chi connectivity index (χ4v) is 4.73. The topological polar surface area (TPSA) is 66.9 Å². The first-order chi connectivity index (χ1) is 13.4. The van der Waals surface area contributed by atoms with Crippen molar-refractivity contribution in [1.29, 1.82) is 0 Å². The fourth-order valence-electron chi connectivity index (χ4n) is 3.02. The fraction of sp³-hybridized carbons (Fsp3) is 0.350. The highest BCUT2D eigenvalue weighted by Gasteiger charge is 2.27. The number of likely N-dealkylation sites (N-methyl/N-ethyl adjacent to an activating group) is 1. The second-order valence-corrected chi connectivity index (χ2v) is 8.99. The minimum Gasteiger partial charge on any atom is -0.490 e. The Morgan fingerprint density at radius 1 is 1.11 bits per heavy atom. The zero-order valence-corrected chi connectivity index (χ0v) is 17.2. The average molecular weight is 423 g/mol. The molecular weight excluding hydrogens is 400 g/mol. The van der Waals surface area contributed by atoms with Crippen LogP contribution in [0, 0.1) is 0 Å². The van der Waals surface area contributed by atoms with Gasteiger partial charge in [0.05, 0.1) is 16.5 Å². The number of benzene rings is 2. The molecule has 0 bridgehead atoms. The van der Waals surface area contributed by atoms with Crippen molar-refractivity contribution in [3.63, 3.8) is 0 Å². The van der Waals surface area contributed by atoms with Crippen LogP contribution in [0.1, 0.15) is 23.2 Å². The van der Waals surface area contributed by atoms with Crippen molar-refractivity contribution in [3.05, 3.63) is 59.1 Å². The molecule has 1 aliphatic heterocycles. The molecule has 2 aromatic carbocycles. The molecule has 0 N–H and O–H groups in total. The first-order valence-electron chi connectivity index (χ1n) is 9.12. The third-order valence-corrected chi connectivity index (χ3v) is 6.90. The monoisotopic (exact) mass is 422 g/mol. The van der Waals surface area contributed by atoms with E-state index in [1.54, 1.807) is 31.3 Å². The van der Waals surface area contributed by atoms with Gasteiger partial charge in [-0.25, -0.2) is 8.42 Å². The van der Waals surface area contributed by atoms with Crippen molar-refractivity contribution in [2.24, 2.45) is 0 Å². The Labute approximate surface area is 170 Å². The van der Waals surface area contributed by atoms with Crippen LogP contribution in [0.15, 0.2) is 53.4 Å². The van der Waals surface area contributed by atoms with Crippen LogP contribution in [0.2, 0.25) is 5.02 Å². The van der Waals surface area contributed by atoms with Crippen LogP contribution >= 0.6 is 11.6 Å². The molecule has 8 heteroatoms. The van der Waals surface area contributed by atoms with E-state index >= 15 is 0 Å². The lowest BCUT2D eigenvalue weighted by molar-refractivity contribution is 0.0773. The number of hydrogen-bond acceptors (Lipinski definition) is 4. The zero-order chi connectivity index (χ0) is 20.1. The number of ether oxygens (including phenoxy) is 1. The van der Waals surface area contributed by atoms with Crippen molar-refractivity contribution < 1.29 is 17.9 Å². The number of hydrogen-bond donors (Lipinski definition) is 0. The Morgan fingerprint density at radius 3 is 2.39 bits per heavy atom. The molecule has 0 unspecified atom stereocenters. The van der Waals surface area contributed by atoms with Crippen molar-refractivity contribution >= 4 is 27.5 Å². The summed E-state index contributed by atoms with van der Waals surface area (Å²) < 4.78 is 32.2. The molecule has 0 aromatic heterocycles. The SMILES string of the molecule is CN(CCOc1ccccc1Cl)C(=O)c1ccc(S(=O)(=O)N2CCCC2)cc1. The van der Waals surface area contributed by atoms with Gasteiger partial charge in [0.25, 0.3) is 5.91 Å². The number of nitrogens with zero attached hydrogens (tertiary/aromatic N) is 2. The first kappa shape index (κ1) is 20.6. The van der Waals surface area contributed by atoms with E-state index in [0.29, 0.717) is 42.6 Å². The number of carbonyl (C=O) groups excluding carboxylic acids is 1. The molecule has 2 aromatic rings. The smallest absolute Gasteiger partial charge is 0.253 e. The second-order valence-electron chi connectivity index (χ2n) is 6.64. The van der Waals surface area contributed by atoms with E-state index in [0.717, 1.165) is 12.8 Å². The molecule has 0 aliphatic carbocycles. The molecule has 6 nitrogen and oxygen atoms in total. The summed E-state index contributed by atoms with van der Waals surface area (Å²) in [5.74, 6) is 0.370. The van der Waals surface area contributed by atoms with Gasteiger partial charge in [-0.05, 0) is 49.2 Å². The van der Waals surface area contributed by atoms with Crippen LogP contribution in [-0.4, -0.2) is 56.8 Å². The molecule has 0 spiro atoms. The van der Waals surface area contributed by atoms with Crippen LogP contribution in [0.4, 0.5) is 0 Å². The van der Waals surface area contributed by atoms with Gasteiger partial charge in [0.15, 0.2) is 0 Å². The highest BCUT2D eigenvalue weighted by atomic mass is 35.5. The summed E-state index contributed by atoms with van der Waals surface area (Å²) in [6.07, 6.45) is 1.77. The normalized spacial score (nSPS) is 14.8. The Balaban J connectivity index is 1.58. The van der Waals surface area contributed by atoms with Gasteiger partial charge >= 0.3 is 0 Å². The molecule has 1 amide bonds. The van der Waals surface area contributed by atoms with E-state index in [-0.39, 0.29) is 10.8 Å². The van der Waals surface area contributed by atoms with E-state index in [4.69, 9.17) is 16.3 Å². The van der Waals surface area contributed by atoms with Gasteiger partial charge in [0.1, 0.15) is 12.4 Å². The second kappa shape index (κ2) is 8.94. The first-order valence-corrected chi connectivity index (χ1v) is 10.9. The highest BCUT2D eigenvalue weighted by Crippen LogP contribution is 2.23. The standard InChI is InChI=1S/C20H23ClN2O4S/c1-22(14-15-27-19-7-3-2-6-18(19)21)20(24)16-8-10-17(11-9-16)28(25,26)23-12-4-5-13-23/h2-3,6-11H,4-5,12-15H2,1H3. The van der Waals surface area contributed by atoms with Crippen molar-refractivity contribution in [1.82, 2.24) is 9.21 Å². The van der Waals surface area contributed by atoms with E-state index in [1.165, 1.54) is 21.3 Å². The number of amides is 1. The molecule has 3 rings (SSSR count). The Morgan fingerprint density at radius 2 is 1.75 bits per heavy atom. The Bertz CT molecular complexity index is 925. The van der Waals surface area contributed by atoms with Gasteiger partial charge in [-0.15, -0.1) is 0 Å². The van der Waals surface area contributed by atoms with Gasteiger partial charge in [-0.3, -0.25) is 4.79 Å². The van der Waals surface area contributed by atoms with Gasteiger partial charge < -0.3 is 9.64 Å². The maximum atomic E-state index is 12.6. The maximum Gasteiger partial charge on any atom is 0.253 e. The number of rotatable bonds is 7. The number of para-hydroxylation sites is 1. The Kier molecular flexibility index (Phi) is 6.59. The van der Waals surface area contributed by atoms with Gasteiger partial charge in [-0.2, -0.15) is 4.31 Å². The summed E-state index contributed by atoms with van der Waals surface area (Å²) in [7, 11) is -1.80. The number of sulfonamides is 1. The number of halogens is 1. The van der Waals surface area contributed by atoms with Crippen LogP contribution in [-0.2, 0) is 10.0 Å². The van der Waals surface area contributed by atoms with Crippen molar-refractivity contribution in [2.75, 3.05) is 33.3 Å².